The first-order chi connectivity index (χ1) is 40.4. The number of hydrogen-bond acceptors (Lipinski definition) is 2. The summed E-state index contributed by atoms with van der Waals surface area (Å²) < 4.78 is 7.55. The fourth-order valence-electron chi connectivity index (χ4n) is 13.6. The molecule has 9 aromatic carbocycles. The standard InChI is InChI=1S/C84H94BNO/c1-77(2,3)59-35-54-37-65(49-59)83(19,20)84(21,22)66-38-55(36-60(50-66)78(4,5)6)53-32-34-73-70(44-53)85-69-43-52(54)31-33-71(69)86(72-45-56(46-74(87-73)75(72)85)51-27-24-23-25-28-51)76-67(57-39-61(79(7,8)9)47-62(40-57)80(10,11)12)29-26-30-68(76)58-41-63(81(13,14)15)48-64(42-58)82(16,17)18/h23-50H,1-22H3. The Bertz CT molecular complexity index is 4080. The lowest BCUT2D eigenvalue weighted by Gasteiger charge is -2.44. The summed E-state index contributed by atoms with van der Waals surface area (Å²) in [5.41, 5.74) is 28.5. The highest BCUT2D eigenvalue weighted by atomic mass is 16.5. The van der Waals surface area contributed by atoms with E-state index in [0.717, 1.165) is 34.0 Å². The molecule has 0 saturated heterocycles. The minimum Gasteiger partial charge on any atom is -0.458 e. The zero-order valence-electron chi connectivity index (χ0n) is 56.6. The van der Waals surface area contributed by atoms with Gasteiger partial charge >= 0.3 is 0 Å². The van der Waals surface area contributed by atoms with Crippen LogP contribution in [0.4, 0.5) is 17.1 Å². The van der Waals surface area contributed by atoms with E-state index in [9.17, 15) is 0 Å². The highest BCUT2D eigenvalue weighted by Gasteiger charge is 2.46. The summed E-state index contributed by atoms with van der Waals surface area (Å²) in [6.45, 7) is 52.2. The summed E-state index contributed by atoms with van der Waals surface area (Å²) in [7, 11) is 0. The summed E-state index contributed by atoms with van der Waals surface area (Å²) in [6, 6.07) is 67.4. The topological polar surface area (TPSA) is 12.5 Å². The van der Waals surface area contributed by atoms with Crippen molar-refractivity contribution in [1.82, 2.24) is 0 Å². The molecule has 444 valence electrons. The van der Waals surface area contributed by atoms with E-state index in [1.54, 1.807) is 0 Å². The second-order valence-electron chi connectivity index (χ2n) is 33.3. The molecule has 3 heteroatoms. The second-order valence-corrected chi connectivity index (χ2v) is 33.3. The molecule has 0 N–H and O–H groups in total. The summed E-state index contributed by atoms with van der Waals surface area (Å²) in [5.74, 6) is 1.79. The van der Waals surface area contributed by atoms with Gasteiger partial charge in [0, 0.05) is 22.5 Å². The second kappa shape index (κ2) is 20.1. The minimum atomic E-state index is -0.283. The van der Waals surface area contributed by atoms with Crippen molar-refractivity contribution in [1.29, 1.82) is 0 Å². The van der Waals surface area contributed by atoms with Crippen LogP contribution in [0, 0.1) is 0 Å². The number of anilines is 3. The van der Waals surface area contributed by atoms with Crippen LogP contribution < -0.4 is 26.0 Å². The monoisotopic (exact) mass is 1140 g/mol. The molecule has 0 amide bonds. The van der Waals surface area contributed by atoms with Gasteiger partial charge in [-0.2, -0.15) is 0 Å². The third-order valence-electron chi connectivity index (χ3n) is 20.4. The normalized spacial score (nSPS) is 15.2. The van der Waals surface area contributed by atoms with Gasteiger partial charge in [0.25, 0.3) is 6.71 Å². The van der Waals surface area contributed by atoms with Crippen LogP contribution in [-0.4, -0.2) is 6.71 Å². The van der Waals surface area contributed by atoms with Gasteiger partial charge in [0.15, 0.2) is 0 Å². The first kappa shape index (κ1) is 60.0. The molecule has 8 bridgehead atoms. The Labute approximate surface area is 524 Å². The van der Waals surface area contributed by atoms with E-state index in [-0.39, 0.29) is 50.0 Å². The minimum absolute atomic E-state index is 0.0877. The van der Waals surface area contributed by atoms with Gasteiger partial charge in [-0.15, -0.1) is 0 Å². The van der Waals surface area contributed by atoms with Crippen LogP contribution >= 0.6 is 0 Å². The van der Waals surface area contributed by atoms with Gasteiger partial charge in [-0.05, 0) is 173 Å². The number of ether oxygens (including phenoxy) is 1. The van der Waals surface area contributed by atoms with Crippen LogP contribution in [0.5, 0.6) is 11.5 Å². The van der Waals surface area contributed by atoms with E-state index in [0.29, 0.717) is 0 Å². The molecule has 9 aromatic rings. The third kappa shape index (κ3) is 10.5. The maximum Gasteiger partial charge on any atom is 0.256 e. The van der Waals surface area contributed by atoms with Gasteiger partial charge in [-0.3, -0.25) is 0 Å². The molecule has 0 unspecified atom stereocenters. The Morgan fingerprint density at radius 3 is 1.16 bits per heavy atom. The first-order valence-corrected chi connectivity index (χ1v) is 32.2. The summed E-state index contributed by atoms with van der Waals surface area (Å²) in [4.78, 5) is 2.68. The Morgan fingerprint density at radius 1 is 0.310 bits per heavy atom. The molecule has 2 nitrogen and oxygen atoms in total. The van der Waals surface area contributed by atoms with Crippen LogP contribution in [0.15, 0.2) is 170 Å². The van der Waals surface area contributed by atoms with Crippen molar-refractivity contribution in [3.05, 3.63) is 214 Å². The maximum atomic E-state index is 7.55. The molecular formula is C84H94BNO. The zero-order valence-corrected chi connectivity index (χ0v) is 56.6. The van der Waals surface area contributed by atoms with Crippen LogP contribution in [0.3, 0.4) is 0 Å². The predicted octanol–water partition coefficient (Wildman–Crippen LogP) is 21.8. The lowest BCUT2D eigenvalue weighted by Crippen LogP contribution is -2.59. The van der Waals surface area contributed by atoms with Gasteiger partial charge in [0.05, 0.1) is 5.69 Å². The fourth-order valence-corrected chi connectivity index (χ4v) is 13.6. The molecular weight excluding hydrogens is 1050 g/mol. The van der Waals surface area contributed by atoms with E-state index in [4.69, 9.17) is 4.74 Å². The molecule has 87 heavy (non-hydrogen) atoms. The largest absolute Gasteiger partial charge is 0.458 e. The SMILES string of the molecule is CC(C)(C)c1cc(-c2cccc(-c3cc(C(C)(C)C)cc(C(C)(C)C)c3)c2N2c3ccc4cc3B3c5cc(ccc5Oc5cc(-c6ccccc6)cc2c53)-c2cc(C(C)(C)C)cc(c2)C(C)(C)C(C)(C)c2cc-4cc(C(C)(C)C)c2)cc(C(C)(C)C)c1. The molecule has 0 atom stereocenters. The van der Waals surface area contributed by atoms with E-state index in [2.05, 4.69) is 327 Å². The Balaban J connectivity index is 1.27. The number of fused-ring (bicyclic) bond motifs is 8. The van der Waals surface area contributed by atoms with Crippen LogP contribution in [0.2, 0.25) is 0 Å². The van der Waals surface area contributed by atoms with E-state index in [1.807, 2.05) is 0 Å². The highest BCUT2D eigenvalue weighted by molar-refractivity contribution is 6.99. The Morgan fingerprint density at radius 2 is 0.713 bits per heavy atom. The average Bonchev–Trinajstić information content (AvgIpc) is 1.05. The quantitative estimate of drug-likeness (QED) is 0.163. The number of rotatable bonds is 4. The van der Waals surface area contributed by atoms with E-state index in [1.165, 1.54) is 111 Å². The lowest BCUT2D eigenvalue weighted by molar-refractivity contribution is 0.302. The van der Waals surface area contributed by atoms with Gasteiger partial charge < -0.3 is 9.64 Å². The zero-order chi connectivity index (χ0) is 62.7. The molecule has 12 rings (SSSR count). The number of benzene rings is 9. The maximum absolute atomic E-state index is 7.55. The highest BCUT2D eigenvalue weighted by Crippen LogP contribution is 2.53. The van der Waals surface area contributed by atoms with Crippen molar-refractivity contribution in [2.24, 2.45) is 0 Å². The molecule has 0 fully saturated rings. The third-order valence-corrected chi connectivity index (χ3v) is 20.4. The summed E-state index contributed by atoms with van der Waals surface area (Å²) >= 11 is 0. The molecule has 0 radical (unpaired) electrons. The molecule has 0 aliphatic carbocycles. The molecule has 3 aliphatic rings. The first-order valence-electron chi connectivity index (χ1n) is 32.2. The van der Waals surface area contributed by atoms with E-state index >= 15 is 0 Å². The van der Waals surface area contributed by atoms with Gasteiger partial charge in [-0.1, -0.05) is 298 Å². The van der Waals surface area contributed by atoms with Crippen molar-refractivity contribution in [2.45, 2.75) is 196 Å². The van der Waals surface area contributed by atoms with Crippen molar-refractivity contribution >= 4 is 40.2 Å². The van der Waals surface area contributed by atoms with Crippen molar-refractivity contribution in [3.8, 4) is 67.1 Å². The molecule has 3 heterocycles. The molecule has 0 saturated carbocycles. The summed E-state index contributed by atoms with van der Waals surface area (Å²) in [6.07, 6.45) is 0. The van der Waals surface area contributed by atoms with Crippen molar-refractivity contribution in [3.63, 3.8) is 0 Å². The lowest BCUT2D eigenvalue weighted by atomic mass is 9.34. The van der Waals surface area contributed by atoms with Crippen LogP contribution in [-0.2, 0) is 43.3 Å². The Hall–Kier alpha value is -7.36. The number of hydrogen-bond donors (Lipinski definition) is 0. The van der Waals surface area contributed by atoms with Crippen LogP contribution in [0.1, 0.15) is 197 Å². The fraction of sp³-hybridized carbons (Fsp3) is 0.357. The van der Waals surface area contributed by atoms with Crippen molar-refractivity contribution in [2.75, 3.05) is 4.90 Å². The Kier molecular flexibility index (Phi) is 13.8. The number of nitrogens with zero attached hydrogens (tertiary/aromatic N) is 1. The summed E-state index contributed by atoms with van der Waals surface area (Å²) in [5, 5.41) is 0. The predicted molar refractivity (Wildman–Crippen MR) is 378 cm³/mol. The van der Waals surface area contributed by atoms with Gasteiger partial charge in [0.2, 0.25) is 0 Å². The molecule has 3 aliphatic heterocycles. The average molecular weight is 1140 g/mol. The smallest absolute Gasteiger partial charge is 0.256 e. The van der Waals surface area contributed by atoms with Gasteiger partial charge in [-0.25, -0.2) is 0 Å². The van der Waals surface area contributed by atoms with Crippen LogP contribution in [0.25, 0.3) is 55.6 Å². The van der Waals surface area contributed by atoms with E-state index < -0.39 is 0 Å². The number of para-hydroxylation sites is 1. The molecule has 0 aromatic heterocycles. The molecule has 0 spiro atoms. The van der Waals surface area contributed by atoms with Crippen molar-refractivity contribution < 1.29 is 4.74 Å². The van der Waals surface area contributed by atoms with Gasteiger partial charge in [0.1, 0.15) is 11.5 Å².